The van der Waals surface area contributed by atoms with E-state index in [0.717, 1.165) is 85.9 Å². The quantitative estimate of drug-likeness (QED) is 0.412. The number of terminal acetylenes is 1. The van der Waals surface area contributed by atoms with E-state index >= 15 is 0 Å². The average molecular weight is 626 g/mol. The van der Waals surface area contributed by atoms with Gasteiger partial charge in [-0.15, -0.1) is 6.42 Å². The SMILES string of the molecule is C#CC(=O)N1CCN(Cc2ccc(C3=CC(N(CC)C4CCOCC4)=C(C)C(C(=O)NCc4c(C)cc(C)[nH]c4=O)C3)cc2)CC1. The lowest BCUT2D eigenvalue weighted by atomic mass is 9.82. The molecule has 2 saturated heterocycles. The van der Waals surface area contributed by atoms with E-state index in [4.69, 9.17) is 11.2 Å². The van der Waals surface area contributed by atoms with Gasteiger partial charge >= 0.3 is 0 Å². The second-order valence-electron chi connectivity index (χ2n) is 12.7. The number of piperazine rings is 1. The molecular formula is C37H47N5O4. The van der Waals surface area contributed by atoms with Gasteiger partial charge in [0.1, 0.15) is 0 Å². The Morgan fingerprint density at radius 1 is 1.09 bits per heavy atom. The van der Waals surface area contributed by atoms with Crippen molar-refractivity contribution in [3.8, 4) is 12.3 Å². The third-order valence-electron chi connectivity index (χ3n) is 9.71. The van der Waals surface area contributed by atoms with Gasteiger partial charge in [0.2, 0.25) is 5.91 Å². The monoisotopic (exact) mass is 625 g/mol. The molecule has 0 saturated carbocycles. The number of nitrogens with zero attached hydrogens (tertiary/aromatic N) is 3. The van der Waals surface area contributed by atoms with Crippen LogP contribution in [0, 0.1) is 32.1 Å². The summed E-state index contributed by atoms with van der Waals surface area (Å²) in [6.45, 7) is 14.2. The van der Waals surface area contributed by atoms with Crippen molar-refractivity contribution >= 4 is 17.4 Å². The van der Waals surface area contributed by atoms with Crippen molar-refractivity contribution in [2.45, 2.75) is 66.1 Å². The van der Waals surface area contributed by atoms with Gasteiger partial charge in [-0.3, -0.25) is 19.3 Å². The highest BCUT2D eigenvalue weighted by atomic mass is 16.5. The number of carbonyl (C=O) groups is 2. The summed E-state index contributed by atoms with van der Waals surface area (Å²) in [6.07, 6.45) is 10.1. The number of hydrogen-bond donors (Lipinski definition) is 2. The van der Waals surface area contributed by atoms with Crippen LogP contribution in [0.5, 0.6) is 0 Å². The maximum atomic E-state index is 13.9. The van der Waals surface area contributed by atoms with E-state index in [1.54, 1.807) is 4.90 Å². The minimum atomic E-state index is -0.351. The summed E-state index contributed by atoms with van der Waals surface area (Å²) in [6, 6.07) is 10.9. The molecule has 0 spiro atoms. The smallest absolute Gasteiger partial charge is 0.298 e. The summed E-state index contributed by atoms with van der Waals surface area (Å²) in [5.41, 5.74) is 7.72. The minimum absolute atomic E-state index is 0.0675. The van der Waals surface area contributed by atoms with E-state index in [1.807, 2.05) is 19.9 Å². The van der Waals surface area contributed by atoms with Crippen molar-refractivity contribution in [3.05, 3.63) is 86.0 Å². The second-order valence-corrected chi connectivity index (χ2v) is 12.7. The fourth-order valence-electron chi connectivity index (χ4n) is 6.99. The largest absolute Gasteiger partial charge is 0.381 e. The normalized spacial score (nSPS) is 19.4. The molecule has 5 rings (SSSR count). The van der Waals surface area contributed by atoms with E-state index in [2.05, 4.69) is 70.2 Å². The Morgan fingerprint density at radius 3 is 2.41 bits per heavy atom. The van der Waals surface area contributed by atoms with Crippen LogP contribution in [0.1, 0.15) is 61.1 Å². The first kappa shape index (κ1) is 33.2. The first-order valence-electron chi connectivity index (χ1n) is 16.5. The van der Waals surface area contributed by atoms with Crippen LogP contribution >= 0.6 is 0 Å². The van der Waals surface area contributed by atoms with Gasteiger partial charge in [0.25, 0.3) is 11.5 Å². The highest BCUT2D eigenvalue weighted by molar-refractivity contribution is 5.93. The van der Waals surface area contributed by atoms with Gasteiger partial charge in [0.15, 0.2) is 0 Å². The lowest BCUT2D eigenvalue weighted by Crippen LogP contribution is -2.47. The van der Waals surface area contributed by atoms with Crippen molar-refractivity contribution in [2.75, 3.05) is 45.9 Å². The Kier molecular flexibility index (Phi) is 10.8. The van der Waals surface area contributed by atoms with Gasteiger partial charge in [0, 0.05) is 82.0 Å². The molecule has 244 valence electrons. The molecule has 2 aromatic rings. The minimum Gasteiger partial charge on any atom is -0.381 e. The first-order chi connectivity index (χ1) is 22.2. The number of benzene rings is 1. The van der Waals surface area contributed by atoms with Crippen molar-refractivity contribution in [3.63, 3.8) is 0 Å². The van der Waals surface area contributed by atoms with E-state index in [9.17, 15) is 14.4 Å². The molecule has 3 heterocycles. The number of aromatic nitrogens is 1. The molecule has 1 unspecified atom stereocenters. The van der Waals surface area contributed by atoms with Gasteiger partial charge in [-0.1, -0.05) is 24.3 Å². The number of ether oxygens (including phenoxy) is 1. The number of allylic oxidation sites excluding steroid dienone is 2. The molecule has 2 aliphatic heterocycles. The van der Waals surface area contributed by atoms with Crippen molar-refractivity contribution < 1.29 is 14.3 Å². The average Bonchev–Trinajstić information content (AvgIpc) is 3.06. The van der Waals surface area contributed by atoms with Crippen molar-refractivity contribution in [2.24, 2.45) is 5.92 Å². The van der Waals surface area contributed by atoms with Crippen LogP contribution < -0.4 is 10.9 Å². The van der Waals surface area contributed by atoms with E-state index in [-0.39, 0.29) is 29.8 Å². The molecule has 9 heteroatoms. The molecule has 1 atom stereocenters. The van der Waals surface area contributed by atoms with E-state index < -0.39 is 0 Å². The van der Waals surface area contributed by atoms with Gasteiger partial charge in [0.05, 0.1) is 5.92 Å². The summed E-state index contributed by atoms with van der Waals surface area (Å²) >= 11 is 0. The number of pyridine rings is 1. The molecule has 0 radical (unpaired) electrons. The fraction of sp³-hybridized carbons (Fsp3) is 0.486. The topological polar surface area (TPSA) is 98.0 Å². The Bertz CT molecular complexity index is 1580. The summed E-state index contributed by atoms with van der Waals surface area (Å²) < 4.78 is 5.67. The maximum Gasteiger partial charge on any atom is 0.298 e. The molecule has 0 bridgehead atoms. The van der Waals surface area contributed by atoms with Crippen LogP contribution in [0.15, 0.2) is 52.5 Å². The van der Waals surface area contributed by atoms with Gasteiger partial charge in [-0.2, -0.15) is 0 Å². The zero-order valence-electron chi connectivity index (χ0n) is 27.7. The number of amides is 2. The van der Waals surface area contributed by atoms with Crippen LogP contribution in [0.4, 0.5) is 0 Å². The number of H-pyrrole nitrogens is 1. The highest BCUT2D eigenvalue weighted by Crippen LogP contribution is 2.38. The zero-order valence-corrected chi connectivity index (χ0v) is 27.7. The third kappa shape index (κ3) is 7.63. The lowest BCUT2D eigenvalue weighted by molar-refractivity contribution is -0.127. The van der Waals surface area contributed by atoms with Crippen LogP contribution in [-0.4, -0.2) is 83.5 Å². The second kappa shape index (κ2) is 15.0. The maximum absolute atomic E-state index is 13.9. The molecule has 2 N–H and O–H groups in total. The first-order valence-corrected chi connectivity index (χ1v) is 16.5. The van der Waals surface area contributed by atoms with Crippen LogP contribution in [0.2, 0.25) is 0 Å². The highest BCUT2D eigenvalue weighted by Gasteiger charge is 2.32. The van der Waals surface area contributed by atoms with Gasteiger partial charge < -0.3 is 24.8 Å². The summed E-state index contributed by atoms with van der Waals surface area (Å²) in [4.78, 5) is 47.7. The predicted octanol–water partition coefficient (Wildman–Crippen LogP) is 3.76. The molecule has 9 nitrogen and oxygen atoms in total. The molecule has 1 aliphatic carbocycles. The van der Waals surface area contributed by atoms with Gasteiger partial charge in [-0.05, 0) is 92.9 Å². The summed E-state index contributed by atoms with van der Waals surface area (Å²) in [5, 5.41) is 3.10. The Labute approximate surface area is 272 Å². The van der Waals surface area contributed by atoms with Crippen molar-refractivity contribution in [1.29, 1.82) is 0 Å². The summed E-state index contributed by atoms with van der Waals surface area (Å²) in [5.74, 6) is 1.56. The number of rotatable bonds is 9. The molecule has 2 amide bonds. The number of likely N-dealkylation sites (N-methyl/N-ethyl adjacent to an activating group) is 1. The van der Waals surface area contributed by atoms with Gasteiger partial charge in [-0.25, -0.2) is 0 Å². The molecule has 1 aromatic heterocycles. The molecule has 2 fully saturated rings. The Balaban J connectivity index is 1.36. The summed E-state index contributed by atoms with van der Waals surface area (Å²) in [7, 11) is 0. The molecule has 1 aromatic carbocycles. The van der Waals surface area contributed by atoms with Crippen molar-refractivity contribution in [1.82, 2.24) is 25.0 Å². The fourth-order valence-corrected chi connectivity index (χ4v) is 6.99. The van der Waals surface area contributed by atoms with E-state index in [0.29, 0.717) is 31.1 Å². The number of aromatic amines is 1. The number of hydrogen-bond acceptors (Lipinski definition) is 6. The molecule has 3 aliphatic rings. The van der Waals surface area contributed by atoms with Crippen LogP contribution in [0.3, 0.4) is 0 Å². The van der Waals surface area contributed by atoms with E-state index in [1.165, 1.54) is 5.56 Å². The molecule has 46 heavy (non-hydrogen) atoms. The lowest BCUT2D eigenvalue weighted by Gasteiger charge is -2.39. The Morgan fingerprint density at radius 2 is 1.78 bits per heavy atom. The standard InChI is InChI=1S/C37H47N5O4/c1-6-35(43)41-16-14-40(15-17-41)24-28-8-10-29(11-9-28)30-21-32(36(44)38-23-33-25(3)20-26(4)39-37(33)45)27(5)34(22-30)42(7-2)31-12-18-46-19-13-31/h1,8-11,20,22,31-32H,7,12-19,21,23-24H2,2-5H3,(H,38,44)(H,39,45). The third-order valence-corrected chi connectivity index (χ3v) is 9.71. The number of aryl methyl sites for hydroxylation is 2. The predicted molar refractivity (Wildman–Crippen MR) is 181 cm³/mol. The van der Waals surface area contributed by atoms with Crippen LogP contribution in [0.25, 0.3) is 5.57 Å². The molecular weight excluding hydrogens is 578 g/mol. The Hall–Kier alpha value is -4.13. The number of carbonyl (C=O) groups excluding carboxylic acids is 2. The van der Waals surface area contributed by atoms with Crippen LogP contribution in [-0.2, 0) is 27.4 Å². The number of nitrogens with one attached hydrogen (secondary N) is 2. The zero-order chi connectivity index (χ0) is 32.8.